The summed E-state index contributed by atoms with van der Waals surface area (Å²) in [7, 11) is 1.54. The molecule has 34 heavy (non-hydrogen) atoms. The smallest absolute Gasteiger partial charge is 0.338 e. The molecule has 0 bridgehead atoms. The Morgan fingerprint density at radius 1 is 0.971 bits per heavy atom. The number of anilines is 1. The lowest BCUT2D eigenvalue weighted by atomic mass is 9.83. The highest BCUT2D eigenvalue weighted by atomic mass is 16.5. The largest absolute Gasteiger partial charge is 0.497 e. The van der Waals surface area contributed by atoms with Crippen molar-refractivity contribution in [2.75, 3.05) is 25.6 Å². The predicted octanol–water partition coefficient (Wildman–Crippen LogP) is 3.21. The molecule has 0 heterocycles. The Bertz CT molecular complexity index is 1060. The molecule has 1 aliphatic carbocycles. The first-order valence-electron chi connectivity index (χ1n) is 11.0. The van der Waals surface area contributed by atoms with Crippen molar-refractivity contribution < 1.29 is 28.6 Å². The van der Waals surface area contributed by atoms with Crippen LogP contribution in [-0.4, -0.2) is 43.6 Å². The highest BCUT2D eigenvalue weighted by molar-refractivity contribution is 5.92. The van der Waals surface area contributed by atoms with E-state index in [2.05, 4.69) is 16.7 Å². The number of methoxy groups -OCH3 is 1. The molecule has 0 aromatic heterocycles. The molecule has 2 N–H and O–H groups in total. The molecule has 0 radical (unpaired) electrons. The van der Waals surface area contributed by atoms with Gasteiger partial charge in [0.15, 0.2) is 13.2 Å². The summed E-state index contributed by atoms with van der Waals surface area (Å²) in [5.74, 6) is -0.512. The maximum absolute atomic E-state index is 12.2. The Hall–Kier alpha value is -4.06. The predicted molar refractivity (Wildman–Crippen MR) is 123 cm³/mol. The fourth-order valence-electron chi connectivity index (χ4n) is 3.67. The molecule has 2 aromatic carbocycles. The Kier molecular flexibility index (Phi) is 8.46. The SMILES string of the molecule is COc1cccc(NC(=O)COc2ccc(C(=O)OCC(=O)NC3(C#N)CCCCC3)cc2)c1. The number of benzene rings is 2. The summed E-state index contributed by atoms with van der Waals surface area (Å²) in [4.78, 5) is 36.5. The molecule has 0 saturated heterocycles. The number of amides is 2. The molecular weight excluding hydrogens is 438 g/mol. The van der Waals surface area contributed by atoms with Crippen LogP contribution in [0.2, 0.25) is 0 Å². The van der Waals surface area contributed by atoms with Gasteiger partial charge in [-0.2, -0.15) is 5.26 Å². The normalized spacial score (nSPS) is 14.2. The minimum Gasteiger partial charge on any atom is -0.497 e. The van der Waals surface area contributed by atoms with Gasteiger partial charge < -0.3 is 24.8 Å². The second kappa shape index (κ2) is 11.7. The standard InChI is InChI=1S/C25H27N3O6/c1-32-21-7-5-6-19(14-21)27-22(29)15-33-20-10-8-18(9-11-20)24(31)34-16-23(30)28-25(17-26)12-3-2-4-13-25/h5-11,14H,2-4,12-13,15-16H2,1H3,(H,27,29)(H,28,30). The minimum absolute atomic E-state index is 0.220. The van der Waals surface area contributed by atoms with Gasteiger partial charge in [0, 0.05) is 11.8 Å². The van der Waals surface area contributed by atoms with Crippen LogP contribution in [0.5, 0.6) is 11.5 Å². The van der Waals surface area contributed by atoms with E-state index >= 15 is 0 Å². The Morgan fingerprint density at radius 2 is 1.71 bits per heavy atom. The van der Waals surface area contributed by atoms with Gasteiger partial charge in [0.2, 0.25) is 0 Å². The van der Waals surface area contributed by atoms with Crippen molar-refractivity contribution >= 4 is 23.5 Å². The van der Waals surface area contributed by atoms with E-state index in [1.165, 1.54) is 24.3 Å². The van der Waals surface area contributed by atoms with Crippen molar-refractivity contribution in [1.82, 2.24) is 5.32 Å². The number of esters is 1. The molecule has 9 nitrogen and oxygen atoms in total. The summed E-state index contributed by atoms with van der Waals surface area (Å²) in [6.07, 6.45) is 4.00. The van der Waals surface area contributed by atoms with Gasteiger partial charge in [0.1, 0.15) is 17.0 Å². The first kappa shape index (κ1) is 24.6. The van der Waals surface area contributed by atoms with Crippen molar-refractivity contribution in [3.63, 3.8) is 0 Å². The molecule has 178 valence electrons. The second-order valence-corrected chi connectivity index (χ2v) is 7.97. The van der Waals surface area contributed by atoms with Crippen LogP contribution in [0, 0.1) is 11.3 Å². The fourth-order valence-corrected chi connectivity index (χ4v) is 3.67. The molecule has 0 aliphatic heterocycles. The third-order valence-electron chi connectivity index (χ3n) is 5.45. The van der Waals surface area contributed by atoms with E-state index in [4.69, 9.17) is 14.2 Å². The highest BCUT2D eigenvalue weighted by Crippen LogP contribution is 2.27. The molecule has 3 rings (SSSR count). The van der Waals surface area contributed by atoms with E-state index in [1.807, 2.05) is 0 Å². The van der Waals surface area contributed by atoms with Crippen molar-refractivity contribution in [3.05, 3.63) is 54.1 Å². The minimum atomic E-state index is -0.875. The molecule has 0 atom stereocenters. The average molecular weight is 466 g/mol. The van der Waals surface area contributed by atoms with Crippen molar-refractivity contribution in [1.29, 1.82) is 5.26 Å². The van der Waals surface area contributed by atoms with E-state index in [1.54, 1.807) is 31.4 Å². The Labute approximate surface area is 198 Å². The van der Waals surface area contributed by atoms with Gasteiger partial charge in [-0.1, -0.05) is 25.3 Å². The molecule has 2 aromatic rings. The van der Waals surface area contributed by atoms with Crippen molar-refractivity contribution in [2.24, 2.45) is 0 Å². The Morgan fingerprint density at radius 3 is 2.38 bits per heavy atom. The summed E-state index contributed by atoms with van der Waals surface area (Å²) in [5.41, 5.74) is -0.0625. The maximum atomic E-state index is 12.2. The first-order chi connectivity index (χ1) is 16.4. The third kappa shape index (κ3) is 6.97. The topological polar surface area (TPSA) is 127 Å². The zero-order chi connectivity index (χ0) is 24.4. The number of carbonyl (C=O) groups excluding carboxylic acids is 3. The molecule has 2 amide bonds. The lowest BCUT2D eigenvalue weighted by Gasteiger charge is -2.31. The van der Waals surface area contributed by atoms with Crippen LogP contribution >= 0.6 is 0 Å². The van der Waals surface area contributed by atoms with Crippen LogP contribution in [0.15, 0.2) is 48.5 Å². The summed E-state index contributed by atoms with van der Waals surface area (Å²) in [6, 6.07) is 15.2. The molecule has 1 aliphatic rings. The van der Waals surface area contributed by atoms with E-state index in [0.29, 0.717) is 30.0 Å². The van der Waals surface area contributed by atoms with Gasteiger partial charge in [-0.05, 0) is 49.2 Å². The molecule has 9 heteroatoms. The van der Waals surface area contributed by atoms with Gasteiger partial charge in [-0.25, -0.2) is 4.79 Å². The van der Waals surface area contributed by atoms with Crippen LogP contribution < -0.4 is 20.1 Å². The number of hydrogen-bond donors (Lipinski definition) is 2. The van der Waals surface area contributed by atoms with Crippen LogP contribution in [0.25, 0.3) is 0 Å². The van der Waals surface area contributed by atoms with E-state index in [9.17, 15) is 19.6 Å². The number of ether oxygens (including phenoxy) is 3. The number of carbonyl (C=O) groups is 3. The quantitative estimate of drug-likeness (QED) is 0.545. The van der Waals surface area contributed by atoms with E-state index < -0.39 is 24.0 Å². The summed E-state index contributed by atoms with van der Waals surface area (Å²) >= 11 is 0. The number of nitrogens with zero attached hydrogens (tertiary/aromatic N) is 1. The van der Waals surface area contributed by atoms with Crippen LogP contribution in [0.1, 0.15) is 42.5 Å². The number of rotatable bonds is 9. The van der Waals surface area contributed by atoms with Gasteiger partial charge in [-0.15, -0.1) is 0 Å². The maximum Gasteiger partial charge on any atom is 0.338 e. The zero-order valence-corrected chi connectivity index (χ0v) is 19.0. The Balaban J connectivity index is 1.43. The summed E-state index contributed by atoms with van der Waals surface area (Å²) < 4.78 is 15.6. The van der Waals surface area contributed by atoms with Crippen LogP contribution in [0.4, 0.5) is 5.69 Å². The average Bonchev–Trinajstić information content (AvgIpc) is 2.87. The second-order valence-electron chi connectivity index (χ2n) is 7.97. The van der Waals surface area contributed by atoms with Gasteiger partial charge >= 0.3 is 5.97 Å². The highest BCUT2D eigenvalue weighted by Gasteiger charge is 2.33. The molecule has 0 unspecified atom stereocenters. The van der Waals surface area contributed by atoms with E-state index in [-0.39, 0.29) is 18.1 Å². The van der Waals surface area contributed by atoms with Gasteiger partial charge in [0.05, 0.1) is 18.7 Å². The summed E-state index contributed by atoms with van der Waals surface area (Å²) in [5, 5.41) is 14.8. The molecular formula is C25H27N3O6. The molecule has 1 fully saturated rings. The van der Waals surface area contributed by atoms with Crippen LogP contribution in [-0.2, 0) is 14.3 Å². The lowest BCUT2D eigenvalue weighted by Crippen LogP contribution is -2.50. The number of nitrogens with one attached hydrogen (secondary N) is 2. The van der Waals surface area contributed by atoms with Crippen molar-refractivity contribution in [3.8, 4) is 17.6 Å². The van der Waals surface area contributed by atoms with Crippen LogP contribution in [0.3, 0.4) is 0 Å². The van der Waals surface area contributed by atoms with E-state index in [0.717, 1.165) is 19.3 Å². The molecule has 0 spiro atoms. The lowest BCUT2D eigenvalue weighted by molar-refractivity contribution is -0.126. The first-order valence-corrected chi connectivity index (χ1v) is 11.0. The van der Waals surface area contributed by atoms with Gasteiger partial charge in [0.25, 0.3) is 11.8 Å². The monoisotopic (exact) mass is 465 g/mol. The zero-order valence-electron chi connectivity index (χ0n) is 19.0. The van der Waals surface area contributed by atoms with Crippen molar-refractivity contribution in [2.45, 2.75) is 37.6 Å². The third-order valence-corrected chi connectivity index (χ3v) is 5.45. The fraction of sp³-hybridized carbons (Fsp3) is 0.360. The summed E-state index contributed by atoms with van der Waals surface area (Å²) in [6.45, 7) is -0.688. The number of hydrogen-bond acceptors (Lipinski definition) is 7. The van der Waals surface area contributed by atoms with Gasteiger partial charge in [-0.3, -0.25) is 9.59 Å². The molecule has 1 saturated carbocycles. The number of nitriles is 1.